The number of fused-ring (bicyclic) bond motifs is 2. The third-order valence-electron chi connectivity index (χ3n) is 4.73. The van der Waals surface area contributed by atoms with E-state index in [0.29, 0.717) is 18.2 Å². The lowest BCUT2D eigenvalue weighted by Crippen LogP contribution is -2.48. The van der Waals surface area contributed by atoms with Crippen molar-refractivity contribution in [2.75, 3.05) is 27.2 Å². The first kappa shape index (κ1) is 19.5. The van der Waals surface area contributed by atoms with E-state index in [-0.39, 0.29) is 24.0 Å². The van der Waals surface area contributed by atoms with Gasteiger partial charge in [0, 0.05) is 26.7 Å². The molecule has 0 amide bonds. The van der Waals surface area contributed by atoms with Gasteiger partial charge in [-0.3, -0.25) is 4.99 Å². The topological polar surface area (TPSA) is 48.9 Å². The Morgan fingerprint density at radius 3 is 2.71 bits per heavy atom. The Kier molecular flexibility index (Phi) is 7.77. The van der Waals surface area contributed by atoms with Crippen LogP contribution in [-0.2, 0) is 11.3 Å². The van der Waals surface area contributed by atoms with Crippen molar-refractivity contribution < 1.29 is 4.74 Å². The van der Waals surface area contributed by atoms with Gasteiger partial charge in [0.1, 0.15) is 0 Å². The molecule has 2 fully saturated rings. The molecule has 0 spiro atoms. The second-order valence-corrected chi connectivity index (χ2v) is 6.58. The third kappa shape index (κ3) is 5.32. The van der Waals surface area contributed by atoms with Gasteiger partial charge in [-0.2, -0.15) is 0 Å². The summed E-state index contributed by atoms with van der Waals surface area (Å²) < 4.78 is 5.89. The van der Waals surface area contributed by atoms with Crippen molar-refractivity contribution in [3.8, 4) is 0 Å². The van der Waals surface area contributed by atoms with Crippen molar-refractivity contribution in [3.05, 3.63) is 35.9 Å². The van der Waals surface area contributed by atoms with E-state index in [2.05, 4.69) is 57.9 Å². The average Bonchev–Trinajstić information content (AvgIpc) is 3.17. The molecular formula is C18H29IN4O. The van der Waals surface area contributed by atoms with Gasteiger partial charge < -0.3 is 20.3 Å². The molecule has 1 aromatic rings. The van der Waals surface area contributed by atoms with E-state index in [4.69, 9.17) is 4.74 Å². The highest BCUT2D eigenvalue weighted by Crippen LogP contribution is 2.34. The highest BCUT2D eigenvalue weighted by Gasteiger charge is 2.41. The molecule has 3 unspecified atom stereocenters. The number of hydrogen-bond acceptors (Lipinski definition) is 3. The normalized spacial score (nSPS) is 25.6. The molecule has 2 N–H and O–H groups in total. The molecule has 134 valence electrons. The molecular weight excluding hydrogens is 415 g/mol. The third-order valence-corrected chi connectivity index (χ3v) is 4.73. The Labute approximate surface area is 162 Å². The Morgan fingerprint density at radius 1 is 1.29 bits per heavy atom. The molecule has 0 aliphatic carbocycles. The summed E-state index contributed by atoms with van der Waals surface area (Å²) in [6, 6.07) is 11.0. The van der Waals surface area contributed by atoms with Crippen LogP contribution in [0.2, 0.25) is 0 Å². The van der Waals surface area contributed by atoms with Gasteiger partial charge in [-0.15, -0.1) is 24.0 Å². The summed E-state index contributed by atoms with van der Waals surface area (Å²) in [4.78, 5) is 6.65. The zero-order valence-corrected chi connectivity index (χ0v) is 16.9. The van der Waals surface area contributed by atoms with Crippen molar-refractivity contribution >= 4 is 29.9 Å². The first-order valence-corrected chi connectivity index (χ1v) is 8.59. The number of likely N-dealkylation sites (N-methyl/N-ethyl adjacent to an activating group) is 1. The molecule has 2 aliphatic rings. The number of nitrogens with zero attached hydrogens (tertiary/aromatic N) is 2. The van der Waals surface area contributed by atoms with Crippen LogP contribution < -0.4 is 10.6 Å². The average molecular weight is 444 g/mol. The number of guanidine groups is 1. The first-order chi connectivity index (χ1) is 11.2. The van der Waals surface area contributed by atoms with Gasteiger partial charge in [0.05, 0.1) is 18.2 Å². The predicted octanol–water partition coefficient (Wildman–Crippen LogP) is 2.22. The van der Waals surface area contributed by atoms with E-state index >= 15 is 0 Å². The predicted molar refractivity (Wildman–Crippen MR) is 109 cm³/mol. The van der Waals surface area contributed by atoms with Crippen LogP contribution in [0.4, 0.5) is 0 Å². The number of hydrogen-bond donors (Lipinski definition) is 2. The number of aliphatic imine (C=N–C) groups is 1. The lowest BCUT2D eigenvalue weighted by Gasteiger charge is -2.23. The van der Waals surface area contributed by atoms with Crippen LogP contribution in [0.5, 0.6) is 0 Å². The summed E-state index contributed by atoms with van der Waals surface area (Å²) in [6.45, 7) is 2.82. The SMILES string of the molecule is CN=C(NCCN(C)Cc1ccccc1)NC1CC2CCC1O2.I. The second kappa shape index (κ2) is 9.58. The molecule has 0 aromatic heterocycles. The minimum Gasteiger partial charge on any atom is -0.373 e. The molecule has 5 nitrogen and oxygen atoms in total. The standard InChI is InChI=1S/C18H28N4O.HI/c1-19-18(21-16-12-15-8-9-17(16)23-15)20-10-11-22(2)13-14-6-4-3-5-7-14;/h3-7,15-17H,8-13H2,1-2H3,(H2,19,20,21);1H. The first-order valence-electron chi connectivity index (χ1n) is 8.59. The molecule has 2 aliphatic heterocycles. The van der Waals surface area contributed by atoms with Gasteiger partial charge in [-0.1, -0.05) is 30.3 Å². The molecule has 24 heavy (non-hydrogen) atoms. The van der Waals surface area contributed by atoms with Crippen molar-refractivity contribution in [1.82, 2.24) is 15.5 Å². The van der Waals surface area contributed by atoms with Crippen molar-refractivity contribution in [2.45, 2.75) is 44.1 Å². The Morgan fingerprint density at radius 2 is 2.08 bits per heavy atom. The number of nitrogens with one attached hydrogen (secondary N) is 2. The van der Waals surface area contributed by atoms with Crippen LogP contribution in [0, 0.1) is 0 Å². The van der Waals surface area contributed by atoms with Crippen LogP contribution >= 0.6 is 24.0 Å². The van der Waals surface area contributed by atoms with E-state index < -0.39 is 0 Å². The highest BCUT2D eigenvalue weighted by atomic mass is 127. The van der Waals surface area contributed by atoms with Gasteiger partial charge in [-0.25, -0.2) is 0 Å². The maximum absolute atomic E-state index is 5.89. The fourth-order valence-electron chi connectivity index (χ4n) is 3.50. The number of ether oxygens (including phenoxy) is 1. The minimum absolute atomic E-state index is 0. The van der Waals surface area contributed by atoms with Crippen LogP contribution in [0.15, 0.2) is 35.3 Å². The monoisotopic (exact) mass is 444 g/mol. The van der Waals surface area contributed by atoms with Crippen molar-refractivity contribution in [2.24, 2.45) is 4.99 Å². The van der Waals surface area contributed by atoms with Crippen LogP contribution in [-0.4, -0.2) is 56.3 Å². The number of halogens is 1. The molecule has 6 heteroatoms. The maximum atomic E-state index is 5.89. The quantitative estimate of drug-likeness (QED) is 0.402. The smallest absolute Gasteiger partial charge is 0.191 e. The maximum Gasteiger partial charge on any atom is 0.191 e. The zero-order chi connectivity index (χ0) is 16.1. The Bertz CT molecular complexity index is 525. The number of benzene rings is 1. The fourth-order valence-corrected chi connectivity index (χ4v) is 3.50. The van der Waals surface area contributed by atoms with Gasteiger partial charge in [-0.05, 0) is 31.9 Å². The lowest BCUT2D eigenvalue weighted by atomic mass is 9.96. The lowest BCUT2D eigenvalue weighted by molar-refractivity contribution is 0.0992. The summed E-state index contributed by atoms with van der Waals surface area (Å²) in [7, 11) is 3.98. The summed E-state index contributed by atoms with van der Waals surface area (Å²) >= 11 is 0. The van der Waals surface area contributed by atoms with Gasteiger partial charge in [0.2, 0.25) is 0 Å². The summed E-state index contributed by atoms with van der Waals surface area (Å²) in [6.07, 6.45) is 4.35. The van der Waals surface area contributed by atoms with Gasteiger partial charge in [0.25, 0.3) is 0 Å². The minimum atomic E-state index is 0. The molecule has 2 saturated heterocycles. The molecule has 3 atom stereocenters. The zero-order valence-electron chi connectivity index (χ0n) is 14.6. The van der Waals surface area contributed by atoms with E-state index in [1.54, 1.807) is 0 Å². The van der Waals surface area contributed by atoms with E-state index in [0.717, 1.165) is 32.0 Å². The van der Waals surface area contributed by atoms with E-state index in [1.807, 2.05) is 7.05 Å². The highest BCUT2D eigenvalue weighted by molar-refractivity contribution is 14.0. The molecule has 0 saturated carbocycles. The molecule has 0 radical (unpaired) electrons. The van der Waals surface area contributed by atoms with Gasteiger partial charge in [0.15, 0.2) is 5.96 Å². The molecule has 2 heterocycles. The number of rotatable bonds is 6. The summed E-state index contributed by atoms with van der Waals surface area (Å²) in [5.41, 5.74) is 1.34. The van der Waals surface area contributed by atoms with Crippen molar-refractivity contribution in [1.29, 1.82) is 0 Å². The van der Waals surface area contributed by atoms with Crippen molar-refractivity contribution in [3.63, 3.8) is 0 Å². The van der Waals surface area contributed by atoms with Crippen LogP contribution in [0.1, 0.15) is 24.8 Å². The fraction of sp³-hybridized carbons (Fsp3) is 0.611. The van der Waals surface area contributed by atoms with E-state index in [1.165, 1.54) is 18.4 Å². The van der Waals surface area contributed by atoms with Crippen LogP contribution in [0.3, 0.4) is 0 Å². The molecule has 2 bridgehead atoms. The Hall–Kier alpha value is -0.860. The largest absolute Gasteiger partial charge is 0.373 e. The summed E-state index contributed by atoms with van der Waals surface area (Å²) in [5, 5.41) is 6.93. The second-order valence-electron chi connectivity index (χ2n) is 6.58. The van der Waals surface area contributed by atoms with E-state index in [9.17, 15) is 0 Å². The summed E-state index contributed by atoms with van der Waals surface area (Å²) in [5.74, 6) is 0.888. The molecule has 1 aromatic carbocycles. The molecule has 3 rings (SSSR count). The Balaban J connectivity index is 0.00000208. The van der Waals surface area contributed by atoms with Gasteiger partial charge >= 0.3 is 0 Å². The van der Waals surface area contributed by atoms with Crippen LogP contribution in [0.25, 0.3) is 0 Å².